The van der Waals surface area contributed by atoms with Gasteiger partial charge in [0.25, 0.3) is 0 Å². The first-order chi connectivity index (χ1) is 29.2. The van der Waals surface area contributed by atoms with Gasteiger partial charge in [-0.15, -0.1) is 0 Å². The van der Waals surface area contributed by atoms with E-state index < -0.39 is 5.41 Å². The molecular weight excluding hydrogens is 737 g/mol. The van der Waals surface area contributed by atoms with Crippen molar-refractivity contribution in [3.63, 3.8) is 0 Å². The number of benzene rings is 2. The summed E-state index contributed by atoms with van der Waals surface area (Å²) < 4.78 is 0. The molecule has 2 aromatic rings. The zero-order valence-corrected chi connectivity index (χ0v) is 40.3. The number of hydrogen-bond donors (Lipinski definition) is 2. The zero-order chi connectivity index (χ0) is 43.9. The van der Waals surface area contributed by atoms with E-state index in [2.05, 4.69) is 58.9 Å². The van der Waals surface area contributed by atoms with E-state index >= 15 is 0 Å². The van der Waals surface area contributed by atoms with Crippen LogP contribution < -0.4 is 0 Å². The Labute approximate surface area is 370 Å². The van der Waals surface area contributed by atoms with Crippen LogP contribution in [0.3, 0.4) is 0 Å². The Morgan fingerprint density at radius 3 is 0.917 bits per heavy atom. The van der Waals surface area contributed by atoms with E-state index in [9.17, 15) is 19.8 Å². The van der Waals surface area contributed by atoms with Gasteiger partial charge in [-0.25, -0.2) is 0 Å². The summed E-state index contributed by atoms with van der Waals surface area (Å²) in [4.78, 5) is 29.2. The number of ketones is 2. The molecule has 0 amide bonds. The summed E-state index contributed by atoms with van der Waals surface area (Å²) in [5.74, 6) is 0.848. The molecular formula is C56H94O4. The van der Waals surface area contributed by atoms with Gasteiger partial charge >= 0.3 is 0 Å². The molecule has 2 aromatic carbocycles. The van der Waals surface area contributed by atoms with Gasteiger partial charge in [0.2, 0.25) is 0 Å². The molecule has 342 valence electrons. The number of carbonyl (C=O) groups excluding carboxylic acids is 2. The smallest absolute Gasteiger partial charge is 0.147 e. The Morgan fingerprint density at radius 1 is 0.400 bits per heavy atom. The van der Waals surface area contributed by atoms with Gasteiger partial charge in [-0.3, -0.25) is 9.59 Å². The first kappa shape index (κ1) is 53.5. The number of phenolic OH excluding ortho intramolecular Hbond substituents is 2. The lowest BCUT2D eigenvalue weighted by Gasteiger charge is -2.32. The normalized spacial score (nSPS) is 11.8. The Balaban J connectivity index is 2.61. The summed E-state index contributed by atoms with van der Waals surface area (Å²) in [6, 6.07) is 8.55. The van der Waals surface area contributed by atoms with Gasteiger partial charge in [-0.05, 0) is 111 Å². The Bertz CT molecular complexity index is 1280. The van der Waals surface area contributed by atoms with E-state index in [1.165, 1.54) is 103 Å². The van der Waals surface area contributed by atoms with Crippen LogP contribution in [0, 0.1) is 5.41 Å². The van der Waals surface area contributed by atoms with Gasteiger partial charge in [0.1, 0.15) is 23.1 Å². The number of aromatic hydroxyl groups is 2. The monoisotopic (exact) mass is 831 g/mol. The van der Waals surface area contributed by atoms with Crippen LogP contribution in [0.4, 0.5) is 0 Å². The van der Waals surface area contributed by atoms with Gasteiger partial charge < -0.3 is 10.2 Å². The van der Waals surface area contributed by atoms with Crippen LogP contribution in [-0.4, -0.2) is 21.8 Å². The average molecular weight is 831 g/mol. The van der Waals surface area contributed by atoms with Crippen molar-refractivity contribution < 1.29 is 19.8 Å². The maximum Gasteiger partial charge on any atom is 0.147 e. The van der Waals surface area contributed by atoms with Crippen LogP contribution in [0.2, 0.25) is 0 Å². The molecule has 0 fully saturated rings. The van der Waals surface area contributed by atoms with E-state index in [4.69, 9.17) is 0 Å². The SMILES string of the molecule is CCCCCCCCc1cc(CC(Cc2cc(CCCCCCCC)c(O)c(CCCCCCCC)c2)(C(C)=O)C(=O)CCCCCC)cc(CCCCCCCC)c1O. The van der Waals surface area contributed by atoms with Crippen molar-refractivity contribution in [3.8, 4) is 11.5 Å². The predicted molar refractivity (Wildman–Crippen MR) is 259 cm³/mol. The van der Waals surface area contributed by atoms with Crippen molar-refractivity contribution in [2.75, 3.05) is 0 Å². The van der Waals surface area contributed by atoms with Gasteiger partial charge in [-0.1, -0.05) is 207 Å². The third-order valence-corrected chi connectivity index (χ3v) is 13.3. The maximum absolute atomic E-state index is 14.8. The van der Waals surface area contributed by atoms with Crippen molar-refractivity contribution in [1.29, 1.82) is 0 Å². The van der Waals surface area contributed by atoms with E-state index in [1.54, 1.807) is 6.92 Å². The number of rotatable bonds is 39. The zero-order valence-electron chi connectivity index (χ0n) is 40.3. The molecule has 60 heavy (non-hydrogen) atoms. The lowest BCUT2D eigenvalue weighted by atomic mass is 9.68. The summed E-state index contributed by atoms with van der Waals surface area (Å²) in [7, 11) is 0. The highest BCUT2D eigenvalue weighted by atomic mass is 16.3. The first-order valence-electron chi connectivity index (χ1n) is 25.9. The minimum absolute atomic E-state index is 0.0529. The summed E-state index contributed by atoms with van der Waals surface area (Å²) in [5.41, 5.74) is 4.71. The van der Waals surface area contributed by atoms with Gasteiger partial charge in [0.15, 0.2) is 0 Å². The summed E-state index contributed by atoms with van der Waals surface area (Å²) in [6.45, 7) is 12.8. The third-order valence-electron chi connectivity index (χ3n) is 13.3. The number of carbonyl (C=O) groups is 2. The standard InChI is InChI=1S/C56H94O4/c1-7-12-17-22-26-30-35-49-40-47(41-50(54(49)59)36-31-27-23-18-13-8-2)44-56(46(6)57,53(58)39-34-21-16-11-5)45-48-42-51(37-32-28-24-19-14-9-3)55(60)52(43-48)38-33-29-25-20-15-10-4/h40-43,59-60H,7-39,44-45H2,1-6H3. The van der Waals surface area contributed by atoms with Crippen LogP contribution >= 0.6 is 0 Å². The second-order valence-electron chi connectivity index (χ2n) is 18.8. The highest BCUT2D eigenvalue weighted by Crippen LogP contribution is 2.38. The highest BCUT2D eigenvalue weighted by molar-refractivity contribution is 6.06. The third kappa shape index (κ3) is 20.5. The molecule has 0 saturated heterocycles. The summed E-state index contributed by atoms with van der Waals surface area (Å²) in [5, 5.41) is 23.4. The molecule has 0 bridgehead atoms. The second kappa shape index (κ2) is 33.0. The number of Topliss-reactive ketones (excluding diaryl/α,β-unsaturated/α-hetero) is 2. The first-order valence-corrected chi connectivity index (χ1v) is 25.9. The summed E-state index contributed by atoms with van der Waals surface area (Å²) in [6.07, 6.45) is 36.9. The molecule has 0 spiro atoms. The molecule has 2 N–H and O–H groups in total. The second-order valence-corrected chi connectivity index (χ2v) is 18.8. The quantitative estimate of drug-likeness (QED) is 0.0520. The highest BCUT2D eigenvalue weighted by Gasteiger charge is 2.43. The van der Waals surface area contributed by atoms with Crippen LogP contribution in [-0.2, 0) is 48.1 Å². The lowest BCUT2D eigenvalue weighted by molar-refractivity contribution is -0.139. The van der Waals surface area contributed by atoms with E-state index in [1.807, 2.05) is 0 Å². The van der Waals surface area contributed by atoms with Crippen molar-refractivity contribution in [1.82, 2.24) is 0 Å². The molecule has 4 heteroatoms. The van der Waals surface area contributed by atoms with Crippen LogP contribution in [0.25, 0.3) is 0 Å². The topological polar surface area (TPSA) is 74.6 Å². The van der Waals surface area contributed by atoms with E-state index in [0.717, 1.165) is 136 Å². The summed E-state index contributed by atoms with van der Waals surface area (Å²) >= 11 is 0. The Hall–Kier alpha value is -2.62. The number of aryl methyl sites for hydroxylation is 4. The largest absolute Gasteiger partial charge is 0.507 e. The number of unbranched alkanes of at least 4 members (excludes halogenated alkanes) is 23. The molecule has 2 rings (SSSR count). The molecule has 0 unspecified atom stereocenters. The molecule has 0 heterocycles. The average Bonchev–Trinajstić information content (AvgIpc) is 3.23. The molecule has 0 aliphatic carbocycles. The van der Waals surface area contributed by atoms with Gasteiger partial charge in [-0.2, -0.15) is 0 Å². The van der Waals surface area contributed by atoms with Crippen LogP contribution in [0.1, 0.15) is 261 Å². The molecule has 0 aliphatic rings. The number of hydrogen-bond acceptors (Lipinski definition) is 4. The minimum Gasteiger partial charge on any atom is -0.507 e. The molecule has 0 aliphatic heterocycles. The Morgan fingerprint density at radius 2 is 0.650 bits per heavy atom. The molecule has 4 nitrogen and oxygen atoms in total. The van der Waals surface area contributed by atoms with Gasteiger partial charge in [0.05, 0.1) is 5.41 Å². The van der Waals surface area contributed by atoms with E-state index in [0.29, 0.717) is 30.8 Å². The molecule has 0 radical (unpaired) electrons. The van der Waals surface area contributed by atoms with Crippen molar-refractivity contribution >= 4 is 11.6 Å². The van der Waals surface area contributed by atoms with Crippen molar-refractivity contribution in [3.05, 3.63) is 57.6 Å². The van der Waals surface area contributed by atoms with Crippen molar-refractivity contribution in [2.45, 2.75) is 266 Å². The Kier molecular flexibility index (Phi) is 29.4. The lowest BCUT2D eigenvalue weighted by Crippen LogP contribution is -2.42. The fourth-order valence-corrected chi connectivity index (χ4v) is 9.37. The fourth-order valence-electron chi connectivity index (χ4n) is 9.37. The van der Waals surface area contributed by atoms with Crippen molar-refractivity contribution in [2.24, 2.45) is 5.41 Å². The molecule has 0 atom stereocenters. The maximum atomic E-state index is 14.8. The van der Waals surface area contributed by atoms with Crippen LogP contribution in [0.15, 0.2) is 24.3 Å². The number of phenols is 2. The minimum atomic E-state index is -1.20. The van der Waals surface area contributed by atoms with Crippen LogP contribution in [0.5, 0.6) is 11.5 Å². The fraction of sp³-hybridized carbons (Fsp3) is 0.750. The predicted octanol–water partition coefficient (Wildman–Crippen LogP) is 16.6. The van der Waals surface area contributed by atoms with E-state index in [-0.39, 0.29) is 11.6 Å². The van der Waals surface area contributed by atoms with Gasteiger partial charge in [0, 0.05) is 6.42 Å². The molecule has 0 saturated carbocycles. The molecule has 0 aromatic heterocycles.